The van der Waals surface area contributed by atoms with Crippen molar-refractivity contribution in [3.05, 3.63) is 131 Å². The predicted octanol–water partition coefficient (Wildman–Crippen LogP) is 4.71. The van der Waals surface area contributed by atoms with Crippen molar-refractivity contribution in [2.24, 2.45) is 5.14 Å². The molecule has 2 amide bonds. The molecule has 1 aromatic heterocycles. The van der Waals surface area contributed by atoms with Crippen LogP contribution in [0.25, 0.3) is 21.5 Å². The van der Waals surface area contributed by atoms with E-state index in [2.05, 4.69) is 20.8 Å². The number of anilines is 2. The Bertz CT molecular complexity index is 4930. The number of hydrogen-bond donors (Lipinski definition) is 6. The van der Waals surface area contributed by atoms with Crippen LogP contribution in [0.15, 0.2) is 133 Å². The normalized spacial score (nSPS) is 15.6. The molecule has 0 bridgehead atoms. The molecule has 91 heavy (non-hydrogen) atoms. The average Bonchev–Trinajstić information content (AvgIpc) is 1.63. The van der Waals surface area contributed by atoms with Crippen LogP contribution in [0, 0.1) is 0 Å². The number of nitrogens with two attached hydrogens (primary N) is 1. The van der Waals surface area contributed by atoms with Gasteiger partial charge in [0, 0.05) is 96.1 Å². The maximum Gasteiger partial charge on any atom is 0.425 e. The summed E-state index contributed by atoms with van der Waals surface area (Å²) in [6.07, 6.45) is 8.91. The number of hydrogen-bond acceptors (Lipinski definition) is 22. The van der Waals surface area contributed by atoms with Gasteiger partial charge in [-0.15, -0.1) is 22.8 Å². The molecule has 3 heterocycles. The summed E-state index contributed by atoms with van der Waals surface area (Å²) >= 11 is 0.567. The summed E-state index contributed by atoms with van der Waals surface area (Å²) < 4.78 is 222. The lowest BCUT2D eigenvalue weighted by Crippen LogP contribution is -2.30. The van der Waals surface area contributed by atoms with Crippen LogP contribution in [-0.4, -0.2) is 150 Å². The predicted molar refractivity (Wildman–Crippen MR) is 333 cm³/mol. The Kier molecular flexibility index (Phi) is 21.0. The third kappa shape index (κ3) is 16.2. The number of amides is 2. The number of carbonyl (C=O) groups excluding carboxylic acids is 2. The summed E-state index contributed by atoms with van der Waals surface area (Å²) in [7, 11) is -30.3. The summed E-state index contributed by atoms with van der Waals surface area (Å²) in [6.45, 7) is 9.39. The standard InChI is InChI=1S/C54H60N8O18S7.O3S/c1-7-24-61-41-23-21-38-40(29-36(86(75,76)77)31-44(38)87(78,79)80)49(41)53(2,3)45(61)13-9-8-10-14-46-54(4,5)48-39-28-35(85(72,73)74)30-43(37(39)20-22-42(48)62(46)26-12-27-82(65,66)67)84(70,71)60(6)25-11-15-47(63)56-32-33-16-18-34(19-17-33)50(64)57-51-58-59-52(81-51)83(55,68)69;1-4(2)3/h8-10,13-14,16-23,28-31H,7,11-12,15,24-27,32H2,1-6H3,(H7-,55,56,57,58,63,64,65,66,67,68,69,72,73,74,75,76,77,78,79,80);. The number of allylic oxidation sites excluding steroid dienone is 6. The van der Waals surface area contributed by atoms with Gasteiger partial charge in [-0.25, -0.2) is 34.7 Å². The van der Waals surface area contributed by atoms with Gasteiger partial charge in [-0.2, -0.15) is 29.8 Å². The van der Waals surface area contributed by atoms with E-state index in [0.29, 0.717) is 69.8 Å². The van der Waals surface area contributed by atoms with Crippen molar-refractivity contribution in [3.8, 4) is 0 Å². The zero-order valence-electron chi connectivity index (χ0n) is 48.9. The maximum atomic E-state index is 14.6. The molecular formula is C54H60N8O21S8. The Morgan fingerprint density at radius 2 is 1.33 bits per heavy atom. The van der Waals surface area contributed by atoms with Crippen LogP contribution in [0.2, 0.25) is 0 Å². The third-order valence-electron chi connectivity index (χ3n) is 14.8. The minimum atomic E-state index is -5.09. The molecule has 2 aliphatic rings. The topological polar surface area (TPSA) is 459 Å². The van der Waals surface area contributed by atoms with E-state index < -0.39 is 123 Å². The second-order valence-corrected chi connectivity index (χ2v) is 32.6. The summed E-state index contributed by atoms with van der Waals surface area (Å²) in [4.78, 5) is 24.7. The highest BCUT2D eigenvalue weighted by atomic mass is 32.3. The zero-order valence-corrected chi connectivity index (χ0v) is 55.5. The van der Waals surface area contributed by atoms with Crippen molar-refractivity contribution in [1.29, 1.82) is 0 Å². The number of carbonyl (C=O) groups is 2. The van der Waals surface area contributed by atoms with Gasteiger partial charge in [0.05, 0.1) is 30.2 Å². The van der Waals surface area contributed by atoms with Gasteiger partial charge in [-0.3, -0.25) is 28.6 Å². The molecule has 6 aromatic rings. The summed E-state index contributed by atoms with van der Waals surface area (Å²) in [5.41, 5.74) is 1.85. The molecule has 0 saturated heterocycles. The molecule has 2 aliphatic heterocycles. The fourth-order valence-corrected chi connectivity index (χ4v) is 16.0. The average molecular weight is 1410 g/mol. The molecule has 490 valence electrons. The Morgan fingerprint density at radius 3 is 1.89 bits per heavy atom. The van der Waals surface area contributed by atoms with Crippen LogP contribution < -0.4 is 20.7 Å². The van der Waals surface area contributed by atoms with Gasteiger partial charge in [-0.05, 0) is 103 Å². The Morgan fingerprint density at radius 1 is 0.747 bits per heavy atom. The molecule has 0 unspecified atom stereocenters. The van der Waals surface area contributed by atoms with Gasteiger partial charge in [0.2, 0.25) is 31.1 Å². The highest BCUT2D eigenvalue weighted by Crippen LogP contribution is 2.52. The smallest absolute Gasteiger partial charge is 0.425 e. The first-order valence-electron chi connectivity index (χ1n) is 26.8. The zero-order chi connectivity index (χ0) is 67.8. The van der Waals surface area contributed by atoms with Crippen molar-refractivity contribution in [1.82, 2.24) is 19.8 Å². The van der Waals surface area contributed by atoms with Crippen LogP contribution in [0.1, 0.15) is 87.4 Å². The molecule has 8 rings (SSSR count). The van der Waals surface area contributed by atoms with Crippen molar-refractivity contribution >= 4 is 138 Å². The summed E-state index contributed by atoms with van der Waals surface area (Å²) in [5.74, 6) is -1.81. The van der Waals surface area contributed by atoms with E-state index in [-0.39, 0.29) is 71.1 Å². The number of primary sulfonamides is 1. The first-order valence-corrected chi connectivity index (χ1v) is 37.5. The lowest BCUT2D eigenvalue weighted by molar-refractivity contribution is -0.437. The van der Waals surface area contributed by atoms with Crippen LogP contribution in [0.4, 0.5) is 16.5 Å². The van der Waals surface area contributed by atoms with E-state index >= 15 is 0 Å². The number of nitrogens with zero attached hydrogens (tertiary/aromatic N) is 5. The van der Waals surface area contributed by atoms with Crippen LogP contribution >= 0.6 is 11.3 Å². The van der Waals surface area contributed by atoms with Crippen molar-refractivity contribution in [2.45, 2.75) is 102 Å². The van der Waals surface area contributed by atoms with E-state index in [0.717, 1.165) is 22.5 Å². The van der Waals surface area contributed by atoms with Crippen molar-refractivity contribution in [2.75, 3.05) is 42.7 Å². The molecule has 0 aliphatic carbocycles. The van der Waals surface area contributed by atoms with Crippen LogP contribution in [0.3, 0.4) is 0 Å². The SMILES string of the molecule is CCC[N+]1=C(C=CC=CC=C2N(CCCS(=O)(=O)[O-])c3ccc4c(S(=O)(=O)N(C)CCCC(=O)NCc5ccc(C(=O)Nc6nnc(S(N)(=O)=O)s6)cc5)cc(S(=O)(=O)O)cc4c3C2(C)C)C(C)(C)c2c1ccc1c(S(=O)(=O)O)cc(S(=O)(=O)O)cc21.O=S(=O)=O. The summed E-state index contributed by atoms with van der Waals surface area (Å²) in [6, 6.07) is 16.0. The van der Waals surface area contributed by atoms with E-state index in [9.17, 15) is 78.3 Å². The Balaban J connectivity index is 0.00000285. The second kappa shape index (κ2) is 26.8. The quantitative estimate of drug-likeness (QED) is 0.0219. The first-order chi connectivity index (χ1) is 42.0. The highest BCUT2D eigenvalue weighted by Gasteiger charge is 2.46. The summed E-state index contributed by atoms with van der Waals surface area (Å²) in [5, 5.41) is 17.5. The number of sulfonamides is 2. The third-order valence-corrected chi connectivity index (χ3v) is 22.2. The molecule has 7 N–H and O–H groups in total. The fourth-order valence-electron chi connectivity index (χ4n) is 10.8. The molecule has 0 fully saturated rings. The van der Waals surface area contributed by atoms with E-state index in [1.165, 1.54) is 31.3 Å². The molecular weight excluding hydrogens is 1350 g/mol. The maximum absolute atomic E-state index is 14.6. The molecule has 29 nitrogen and oxygen atoms in total. The van der Waals surface area contributed by atoms with E-state index in [1.54, 1.807) is 73.4 Å². The lowest BCUT2D eigenvalue weighted by atomic mass is 9.79. The minimum absolute atomic E-state index is 0.00251. The Hall–Kier alpha value is -7.11. The second-order valence-electron chi connectivity index (χ2n) is 21.7. The van der Waals surface area contributed by atoms with Gasteiger partial charge < -0.3 is 14.8 Å². The number of rotatable bonds is 23. The number of benzene rings is 5. The molecule has 0 spiro atoms. The van der Waals surface area contributed by atoms with Gasteiger partial charge in [0.1, 0.15) is 11.4 Å². The largest absolute Gasteiger partial charge is 0.748 e. The van der Waals surface area contributed by atoms with E-state index in [1.807, 2.05) is 25.3 Å². The van der Waals surface area contributed by atoms with Crippen LogP contribution in [0.5, 0.6) is 0 Å². The number of fused-ring (bicyclic) bond motifs is 6. The van der Waals surface area contributed by atoms with Gasteiger partial charge in [0.15, 0.2) is 5.71 Å². The molecule has 37 heteroatoms. The minimum Gasteiger partial charge on any atom is -0.748 e. The van der Waals surface area contributed by atoms with Crippen LogP contribution in [-0.2, 0) is 93.3 Å². The molecule has 0 radical (unpaired) electrons. The Labute approximate surface area is 530 Å². The van der Waals surface area contributed by atoms with E-state index in [4.69, 9.17) is 17.8 Å². The molecule has 0 atom stereocenters. The van der Waals surface area contributed by atoms with Crippen molar-refractivity contribution < 1.29 is 95.5 Å². The molecule has 5 aromatic carbocycles. The van der Waals surface area contributed by atoms with Gasteiger partial charge in [0.25, 0.3) is 46.3 Å². The number of aromatic nitrogens is 2. The first kappa shape index (κ1) is 71.3. The highest BCUT2D eigenvalue weighted by molar-refractivity contribution is 7.91. The van der Waals surface area contributed by atoms with Crippen molar-refractivity contribution in [3.63, 3.8) is 0 Å². The van der Waals surface area contributed by atoms with Gasteiger partial charge in [-0.1, -0.05) is 68.5 Å². The lowest BCUT2D eigenvalue weighted by Gasteiger charge is -2.27. The van der Waals surface area contributed by atoms with Gasteiger partial charge >= 0.3 is 10.6 Å². The monoisotopic (exact) mass is 1410 g/mol. The number of nitrogens with one attached hydrogen (secondary N) is 2. The fraction of sp³-hybridized carbons (Fsp3) is 0.315. The molecule has 0 saturated carbocycles.